The Morgan fingerprint density at radius 2 is 1.63 bits per heavy atom. The van der Waals surface area contributed by atoms with Crippen LogP contribution < -0.4 is 64.8 Å². The van der Waals surface area contributed by atoms with E-state index in [1.54, 1.807) is 0 Å². The monoisotopic (exact) mass is 759 g/mol. The van der Waals surface area contributed by atoms with Crippen LogP contribution in [0.15, 0.2) is 12.7 Å². The van der Waals surface area contributed by atoms with Gasteiger partial charge in [0.1, 0.15) is 42.4 Å². The van der Waals surface area contributed by atoms with Crippen molar-refractivity contribution in [1.29, 1.82) is 0 Å². The molecule has 0 amide bonds. The van der Waals surface area contributed by atoms with Crippen molar-refractivity contribution in [3.8, 4) is 0 Å². The maximum absolute atomic E-state index is 12.6. The molecule has 2 aromatic heterocycles. The molecule has 252 valence electrons. The molecule has 1 fully saturated rings. The number of phosphoric ester groups is 1. The number of aliphatic hydroxyl groups is 6. The van der Waals surface area contributed by atoms with Gasteiger partial charge < -0.3 is 71.1 Å². The van der Waals surface area contributed by atoms with Crippen molar-refractivity contribution < 1.29 is 156 Å². The Hall–Kier alpha value is 0.716. The molecule has 0 aromatic carbocycles. The molecule has 0 aliphatic carbocycles. The summed E-state index contributed by atoms with van der Waals surface area (Å²) in [6, 6.07) is 0. The molecule has 24 nitrogen and oxygen atoms in total. The Labute approximate surface area is 323 Å². The fourth-order valence-corrected chi connectivity index (χ4v) is 6.65. The number of hydrogen-bond acceptors (Lipinski definition) is 19. The summed E-state index contributed by atoms with van der Waals surface area (Å²) < 4.78 is 57.9. The summed E-state index contributed by atoms with van der Waals surface area (Å²) in [5.74, 6) is -1.85. The standard InChI is InChI=1S/C16H26N5O19P3.Mg.2Na.4H/c17-13-7-14(19-3-18-13)21(4-20-7)15-11(27)12(38-16(28)10(26)9(25)8(24)5(23)1-22)6(37-15)2-36-42(32,33)40-43(34,35)39-41(29,30)31;;;;;;;/h3-6,8-12,15,22-27H,1-2H2,(H,32,33)(H,34,35)(H2,17,18,19)(H2,29,30,31);;;;;;;/q;+2;2*+1;4*-1/t5-,6-,8-,9+,10-,11-,12-,15-;;;;;;;/m1......./s1. The zero-order chi connectivity index (χ0) is 32.5. The average Bonchev–Trinajstić information content (AvgIpc) is 3.45. The number of hydrogen-bond donors (Lipinski definition) is 11. The van der Waals surface area contributed by atoms with Gasteiger partial charge in [-0.25, -0.2) is 33.4 Å². The molecule has 1 saturated heterocycles. The van der Waals surface area contributed by atoms with Crippen molar-refractivity contribution in [3.05, 3.63) is 12.7 Å². The molecule has 2 unspecified atom stereocenters. The fraction of sp³-hybridized carbons (Fsp3) is 0.625. The van der Waals surface area contributed by atoms with E-state index in [0.717, 1.165) is 17.2 Å². The number of carbonyl (C=O) groups is 1. The number of nitrogens with two attached hydrogens (primary N) is 1. The van der Waals surface area contributed by atoms with Crippen molar-refractivity contribution in [2.75, 3.05) is 18.9 Å². The molecule has 3 rings (SSSR count). The van der Waals surface area contributed by atoms with E-state index in [2.05, 4.69) is 28.1 Å². The molecule has 3 heterocycles. The minimum atomic E-state index is -5.91. The molecule has 46 heavy (non-hydrogen) atoms. The summed E-state index contributed by atoms with van der Waals surface area (Å²) in [5.41, 5.74) is 5.72. The van der Waals surface area contributed by atoms with Crippen LogP contribution in [0, 0.1) is 0 Å². The Kier molecular flexibility index (Phi) is 19.1. The van der Waals surface area contributed by atoms with Crippen LogP contribution in [0.3, 0.4) is 0 Å². The molecule has 12 N–H and O–H groups in total. The number of fused-ring (bicyclic) bond motifs is 1. The summed E-state index contributed by atoms with van der Waals surface area (Å²) in [5, 5.41) is 59.2. The van der Waals surface area contributed by atoms with Gasteiger partial charge in [-0.3, -0.25) is 9.09 Å². The summed E-state index contributed by atoms with van der Waals surface area (Å²) in [7, 11) is -17.3. The fourth-order valence-electron chi connectivity index (χ4n) is 3.62. The second kappa shape index (κ2) is 18.8. The molecular weight excluding hydrogens is 729 g/mol. The van der Waals surface area contributed by atoms with Crippen LogP contribution in [-0.4, -0.2) is 155 Å². The number of esters is 1. The first kappa shape index (κ1) is 46.7. The first-order valence-electron chi connectivity index (χ1n) is 11.4. The number of imidazole rings is 1. The van der Waals surface area contributed by atoms with Gasteiger partial charge in [0.25, 0.3) is 0 Å². The number of carbonyl (C=O) groups excluding carboxylic acids is 1. The maximum Gasteiger partial charge on any atom is 2.00 e. The largest absolute Gasteiger partial charge is 2.00 e. The van der Waals surface area contributed by atoms with Gasteiger partial charge in [-0.2, -0.15) is 8.62 Å². The number of ether oxygens (including phenoxy) is 2. The van der Waals surface area contributed by atoms with E-state index < -0.39 is 91.6 Å². The second-order valence-corrected chi connectivity index (χ2v) is 13.0. The number of aliphatic hydroxyl groups excluding tert-OH is 6. The van der Waals surface area contributed by atoms with Crippen LogP contribution in [0.25, 0.3) is 11.2 Å². The third-order valence-electron chi connectivity index (χ3n) is 5.54. The molecule has 1 aliphatic rings. The minimum Gasteiger partial charge on any atom is -1.00 e. The topological polar surface area (TPSA) is 386 Å². The van der Waals surface area contributed by atoms with Gasteiger partial charge in [-0.05, 0) is 0 Å². The Morgan fingerprint density at radius 3 is 2.20 bits per heavy atom. The molecule has 10 atom stereocenters. The Morgan fingerprint density at radius 1 is 1.02 bits per heavy atom. The quantitative estimate of drug-likeness (QED) is 0.0484. The van der Waals surface area contributed by atoms with E-state index in [0.29, 0.717) is 0 Å². The maximum atomic E-state index is 12.6. The van der Waals surface area contributed by atoms with E-state index in [9.17, 15) is 53.8 Å². The minimum absolute atomic E-state index is 0. The van der Waals surface area contributed by atoms with E-state index >= 15 is 0 Å². The molecule has 2 aromatic rings. The molecule has 0 saturated carbocycles. The van der Waals surface area contributed by atoms with Gasteiger partial charge in [-0.15, -0.1) is 0 Å². The third kappa shape index (κ3) is 12.2. The average molecular weight is 760 g/mol. The Bertz CT molecular complexity index is 1480. The molecule has 0 spiro atoms. The smallest absolute Gasteiger partial charge is 1.00 e. The zero-order valence-corrected chi connectivity index (χ0v) is 31.8. The van der Waals surface area contributed by atoms with Crippen molar-refractivity contribution in [2.45, 2.75) is 49.0 Å². The van der Waals surface area contributed by atoms with Gasteiger partial charge in [-0.1, -0.05) is 0 Å². The molecule has 1 aliphatic heterocycles. The summed E-state index contributed by atoms with van der Waals surface area (Å²) in [6.45, 7) is -2.32. The van der Waals surface area contributed by atoms with Crippen LogP contribution in [0.5, 0.6) is 0 Å². The zero-order valence-electron chi connectivity index (χ0n) is 27.7. The second-order valence-electron chi connectivity index (χ2n) is 8.60. The predicted molar refractivity (Wildman–Crippen MR) is 141 cm³/mol. The number of aromatic nitrogens is 4. The van der Waals surface area contributed by atoms with Crippen LogP contribution in [0.4, 0.5) is 5.82 Å². The van der Waals surface area contributed by atoms with Gasteiger partial charge in [0.2, 0.25) is 0 Å². The number of rotatable bonds is 14. The Balaban J connectivity index is -0.000000964. The van der Waals surface area contributed by atoms with Crippen molar-refractivity contribution in [2.24, 2.45) is 0 Å². The predicted octanol–water partition coefficient (Wildman–Crippen LogP) is -10.6. The summed E-state index contributed by atoms with van der Waals surface area (Å²) in [4.78, 5) is 60.6. The van der Waals surface area contributed by atoms with Crippen LogP contribution >= 0.6 is 23.5 Å². The van der Waals surface area contributed by atoms with Crippen LogP contribution in [-0.2, 0) is 41.1 Å². The van der Waals surface area contributed by atoms with Gasteiger partial charge in [0.05, 0.1) is 19.5 Å². The van der Waals surface area contributed by atoms with Crippen molar-refractivity contribution in [3.63, 3.8) is 0 Å². The van der Waals surface area contributed by atoms with Crippen molar-refractivity contribution in [1.82, 2.24) is 19.5 Å². The number of nitrogens with zero attached hydrogens (tertiary/aromatic N) is 4. The van der Waals surface area contributed by atoms with E-state index in [-0.39, 0.29) is 105 Å². The number of anilines is 1. The number of nitrogen functional groups attached to an aromatic ring is 1. The van der Waals surface area contributed by atoms with Crippen LogP contribution in [0.1, 0.15) is 11.9 Å². The van der Waals surface area contributed by atoms with Gasteiger partial charge in [0, 0.05) is 0 Å². The SMILES string of the molecule is Nc1ncnc2c1ncn2[C@@H]1O[C@H](COP(=O)(O)OP(=O)(O)OP(=O)(O)O)[C@@H](OC(=O)[C@H](O)[C@@H](O)[C@H](O)[C@H](O)CO)[C@H]1O.[H-].[H-].[H-].[H-].[Mg+2].[Na+].[Na+]. The molecule has 0 bridgehead atoms. The van der Waals surface area contributed by atoms with Gasteiger partial charge in [0.15, 0.2) is 29.9 Å². The first-order chi connectivity index (χ1) is 19.8. The van der Waals surface area contributed by atoms with Gasteiger partial charge >= 0.3 is 112 Å². The van der Waals surface area contributed by atoms with E-state index in [1.807, 2.05) is 0 Å². The van der Waals surface area contributed by atoms with Crippen LogP contribution in [0.2, 0.25) is 0 Å². The van der Waals surface area contributed by atoms with Crippen molar-refractivity contribution >= 4 is 69.5 Å². The summed E-state index contributed by atoms with van der Waals surface area (Å²) >= 11 is 0. The number of phosphoric acid groups is 3. The molecular formula is C16H30MgN5Na2O19P3. The van der Waals surface area contributed by atoms with E-state index in [1.165, 1.54) is 0 Å². The van der Waals surface area contributed by atoms with E-state index in [4.69, 9.17) is 30.1 Å². The normalized spacial score (nSPS) is 25.0. The summed E-state index contributed by atoms with van der Waals surface area (Å²) in [6.07, 6.45) is -14.6. The third-order valence-corrected chi connectivity index (χ3v) is 9.34. The molecule has 30 heteroatoms. The first-order valence-corrected chi connectivity index (χ1v) is 15.9. The molecule has 0 radical (unpaired) electrons.